The quantitative estimate of drug-likeness (QED) is 0.443. The molecule has 0 amide bonds. The maximum Gasteiger partial charge on any atom is 0.357 e. The molecule has 6 nitrogen and oxygen atoms in total. The Kier molecular flexibility index (Phi) is 5.29. The maximum atomic E-state index is 12.7. The molecule has 0 spiro atoms. The van der Waals surface area contributed by atoms with Crippen LogP contribution < -0.4 is 5.56 Å². The van der Waals surface area contributed by atoms with Crippen molar-refractivity contribution in [2.24, 2.45) is 0 Å². The Hall–Kier alpha value is -3.58. The Morgan fingerprint density at radius 2 is 1.43 bits per heavy atom. The molecule has 30 heavy (non-hydrogen) atoms. The molecular weight excluding hydrogens is 448 g/mol. The highest BCUT2D eigenvalue weighted by Crippen LogP contribution is 2.22. The molecule has 0 bridgehead atoms. The van der Waals surface area contributed by atoms with E-state index in [9.17, 15) is 19.5 Å². The Morgan fingerprint density at radius 1 is 0.867 bits per heavy atom. The van der Waals surface area contributed by atoms with E-state index in [1.807, 2.05) is 36.4 Å². The summed E-state index contributed by atoms with van der Waals surface area (Å²) < 4.78 is 1.89. The summed E-state index contributed by atoms with van der Waals surface area (Å²) in [6.45, 7) is -0.346. The van der Waals surface area contributed by atoms with Gasteiger partial charge in [-0.2, -0.15) is 5.10 Å². The summed E-state index contributed by atoms with van der Waals surface area (Å²) in [5.74, 6) is -1.59. The van der Waals surface area contributed by atoms with Crippen molar-refractivity contribution in [1.82, 2.24) is 9.78 Å². The molecule has 1 N–H and O–H groups in total. The van der Waals surface area contributed by atoms with Gasteiger partial charge in [0.15, 0.2) is 11.5 Å². The predicted molar refractivity (Wildman–Crippen MR) is 117 cm³/mol. The van der Waals surface area contributed by atoms with Crippen LogP contribution in [0.15, 0.2) is 82.1 Å². The zero-order valence-electron chi connectivity index (χ0n) is 15.6. The van der Waals surface area contributed by atoms with Crippen LogP contribution in [0, 0.1) is 0 Å². The third kappa shape index (κ3) is 3.79. The normalized spacial score (nSPS) is 10.8. The molecule has 4 aromatic rings. The first-order chi connectivity index (χ1) is 14.4. The molecule has 0 saturated carbocycles. The van der Waals surface area contributed by atoms with Crippen LogP contribution in [0.3, 0.4) is 0 Å². The molecule has 148 valence electrons. The molecule has 4 rings (SSSR count). The van der Waals surface area contributed by atoms with Gasteiger partial charge in [-0.25, -0.2) is 9.48 Å². The number of Topliss-reactive ketones (excluding diaryl/α,β-unsaturated/α-hetero) is 1. The highest BCUT2D eigenvalue weighted by atomic mass is 79.9. The van der Waals surface area contributed by atoms with Gasteiger partial charge >= 0.3 is 5.97 Å². The summed E-state index contributed by atoms with van der Waals surface area (Å²) in [5.41, 5.74) is 1.61. The van der Waals surface area contributed by atoms with Gasteiger partial charge in [-0.05, 0) is 29.3 Å². The number of carboxylic acids is 1. The third-order valence-electron chi connectivity index (χ3n) is 4.75. The number of hydrogen-bond donors (Lipinski definition) is 1. The standard InChI is InChI=1S/C23H15BrN2O4/c24-17-11-9-15(10-12-17)14-5-7-16(8-6-14)20(27)13-26-22(28)19-4-2-1-3-18(19)21(25-26)23(29)30/h1-12H,13H2,(H,29,30). The fourth-order valence-corrected chi connectivity index (χ4v) is 3.48. The number of benzene rings is 3. The minimum atomic E-state index is -1.26. The van der Waals surface area contributed by atoms with E-state index < -0.39 is 11.5 Å². The summed E-state index contributed by atoms with van der Waals surface area (Å²) in [7, 11) is 0. The smallest absolute Gasteiger partial charge is 0.357 e. The summed E-state index contributed by atoms with van der Waals surface area (Å²) in [4.78, 5) is 37.0. The van der Waals surface area contributed by atoms with Crippen molar-refractivity contribution in [1.29, 1.82) is 0 Å². The molecule has 0 aliphatic heterocycles. The first-order valence-corrected chi connectivity index (χ1v) is 9.86. The molecule has 3 aromatic carbocycles. The predicted octanol–water partition coefficient (Wildman–Crippen LogP) is 4.41. The van der Waals surface area contributed by atoms with Gasteiger partial charge in [0, 0.05) is 15.4 Å². The lowest BCUT2D eigenvalue weighted by Crippen LogP contribution is -2.29. The van der Waals surface area contributed by atoms with Crippen LogP contribution >= 0.6 is 15.9 Å². The number of halogens is 1. The molecule has 0 fully saturated rings. The summed E-state index contributed by atoms with van der Waals surface area (Å²) >= 11 is 3.40. The van der Waals surface area contributed by atoms with E-state index >= 15 is 0 Å². The van der Waals surface area contributed by atoms with Gasteiger partial charge < -0.3 is 5.11 Å². The third-order valence-corrected chi connectivity index (χ3v) is 5.28. The van der Waals surface area contributed by atoms with Gasteiger partial charge in [0.25, 0.3) is 5.56 Å². The van der Waals surface area contributed by atoms with Crippen LogP contribution in [-0.2, 0) is 6.54 Å². The molecule has 1 aromatic heterocycles. The second-order valence-corrected chi connectivity index (χ2v) is 7.59. The number of carbonyl (C=O) groups is 2. The average Bonchev–Trinajstić information content (AvgIpc) is 2.76. The van der Waals surface area contributed by atoms with Gasteiger partial charge in [-0.3, -0.25) is 9.59 Å². The van der Waals surface area contributed by atoms with E-state index in [2.05, 4.69) is 21.0 Å². The number of carboxylic acid groups (broad SMARTS) is 1. The molecule has 1 heterocycles. The van der Waals surface area contributed by atoms with E-state index in [0.29, 0.717) is 5.56 Å². The van der Waals surface area contributed by atoms with E-state index in [-0.39, 0.29) is 28.8 Å². The van der Waals surface area contributed by atoms with Crippen LogP contribution in [-0.4, -0.2) is 26.6 Å². The van der Waals surface area contributed by atoms with Gasteiger partial charge in [-0.15, -0.1) is 0 Å². The highest BCUT2D eigenvalue weighted by molar-refractivity contribution is 9.10. The number of carbonyl (C=O) groups excluding carboxylic acids is 1. The minimum absolute atomic E-state index is 0.211. The lowest BCUT2D eigenvalue weighted by Gasteiger charge is -2.09. The topological polar surface area (TPSA) is 89.3 Å². The fourth-order valence-electron chi connectivity index (χ4n) is 3.22. The Bertz CT molecular complexity index is 1330. The van der Waals surface area contributed by atoms with Crippen molar-refractivity contribution in [3.8, 4) is 11.1 Å². The van der Waals surface area contributed by atoms with Crippen LogP contribution in [0.5, 0.6) is 0 Å². The second-order valence-electron chi connectivity index (χ2n) is 6.67. The largest absolute Gasteiger partial charge is 0.476 e. The van der Waals surface area contributed by atoms with Crippen molar-refractivity contribution in [2.45, 2.75) is 6.54 Å². The van der Waals surface area contributed by atoms with Crippen molar-refractivity contribution in [3.05, 3.63) is 98.9 Å². The summed E-state index contributed by atoms with van der Waals surface area (Å²) in [6.07, 6.45) is 0. The van der Waals surface area contributed by atoms with Crippen LogP contribution in [0.1, 0.15) is 20.8 Å². The van der Waals surface area contributed by atoms with Gasteiger partial charge in [0.1, 0.15) is 6.54 Å². The fraction of sp³-hybridized carbons (Fsp3) is 0.0435. The lowest BCUT2D eigenvalue weighted by atomic mass is 10.0. The Balaban J connectivity index is 1.65. The maximum absolute atomic E-state index is 12.7. The van der Waals surface area contributed by atoms with E-state index in [0.717, 1.165) is 20.3 Å². The van der Waals surface area contributed by atoms with Crippen LogP contribution in [0.25, 0.3) is 21.9 Å². The number of rotatable bonds is 5. The number of hydrogen-bond acceptors (Lipinski definition) is 4. The second kappa shape index (κ2) is 8.04. The highest BCUT2D eigenvalue weighted by Gasteiger charge is 2.17. The van der Waals surface area contributed by atoms with Gasteiger partial charge in [0.2, 0.25) is 0 Å². The average molecular weight is 463 g/mol. The first-order valence-electron chi connectivity index (χ1n) is 9.06. The van der Waals surface area contributed by atoms with Gasteiger partial charge in [0.05, 0.1) is 5.39 Å². The summed E-state index contributed by atoms with van der Waals surface area (Å²) in [5, 5.41) is 13.8. The van der Waals surface area contributed by atoms with Crippen molar-refractivity contribution < 1.29 is 14.7 Å². The lowest BCUT2D eigenvalue weighted by molar-refractivity contribution is 0.0688. The van der Waals surface area contributed by atoms with Crippen LogP contribution in [0.4, 0.5) is 0 Å². The SMILES string of the molecule is O=C(Cn1nc(C(=O)O)c2ccccc2c1=O)c1ccc(-c2ccc(Br)cc2)cc1. The molecule has 0 radical (unpaired) electrons. The van der Waals surface area contributed by atoms with Crippen molar-refractivity contribution >= 4 is 38.5 Å². The van der Waals surface area contributed by atoms with E-state index in [1.54, 1.807) is 24.3 Å². The molecule has 7 heteroatoms. The molecular formula is C23H15BrN2O4. The Morgan fingerprint density at radius 3 is 2.03 bits per heavy atom. The number of aromatic nitrogens is 2. The molecule has 0 unspecified atom stereocenters. The zero-order valence-corrected chi connectivity index (χ0v) is 17.2. The minimum Gasteiger partial charge on any atom is -0.476 e. The monoisotopic (exact) mass is 462 g/mol. The van der Waals surface area contributed by atoms with E-state index in [1.165, 1.54) is 12.1 Å². The van der Waals surface area contributed by atoms with Gasteiger partial charge in [-0.1, -0.05) is 70.5 Å². The number of fused-ring (bicyclic) bond motifs is 1. The number of ketones is 1. The molecule has 0 aliphatic rings. The summed E-state index contributed by atoms with van der Waals surface area (Å²) in [6, 6.07) is 21.2. The molecule has 0 atom stereocenters. The zero-order chi connectivity index (χ0) is 21.3. The Labute approximate surface area is 179 Å². The number of aromatic carboxylic acids is 1. The first kappa shape index (κ1) is 19.7. The molecule has 0 saturated heterocycles. The van der Waals surface area contributed by atoms with Crippen LogP contribution in [0.2, 0.25) is 0 Å². The number of nitrogens with zero attached hydrogens (tertiary/aromatic N) is 2. The molecule has 0 aliphatic carbocycles. The van der Waals surface area contributed by atoms with E-state index in [4.69, 9.17) is 0 Å². The van der Waals surface area contributed by atoms with Crippen molar-refractivity contribution in [2.75, 3.05) is 0 Å². The van der Waals surface area contributed by atoms with Crippen molar-refractivity contribution in [3.63, 3.8) is 0 Å².